The van der Waals surface area contributed by atoms with Crippen LogP contribution in [-0.2, 0) is 27.9 Å². The molecule has 2 aromatic rings. The van der Waals surface area contributed by atoms with Gasteiger partial charge in [0, 0.05) is 13.1 Å². The van der Waals surface area contributed by atoms with Gasteiger partial charge in [0.2, 0.25) is 15.9 Å². The average Bonchev–Trinajstić information content (AvgIpc) is 2.75. The van der Waals surface area contributed by atoms with Gasteiger partial charge >= 0.3 is 0 Å². The van der Waals surface area contributed by atoms with E-state index in [1.165, 1.54) is 5.56 Å². The quantitative estimate of drug-likeness (QED) is 0.555. The molecule has 0 aromatic heterocycles. The van der Waals surface area contributed by atoms with E-state index >= 15 is 0 Å². The predicted octanol–water partition coefficient (Wildman–Crippen LogP) is 3.46. The molecular formula is C24H35N3O3S. The first kappa shape index (κ1) is 25.0. The number of rotatable bonds is 11. The summed E-state index contributed by atoms with van der Waals surface area (Å²) in [6.45, 7) is 13.1. The summed E-state index contributed by atoms with van der Waals surface area (Å²) < 4.78 is 28.0. The van der Waals surface area contributed by atoms with Crippen molar-refractivity contribution in [1.29, 1.82) is 0 Å². The first-order valence-corrected chi connectivity index (χ1v) is 12.3. The van der Waals surface area contributed by atoms with Crippen LogP contribution in [0.15, 0.2) is 53.4 Å². The average molecular weight is 446 g/mol. The van der Waals surface area contributed by atoms with E-state index < -0.39 is 16.1 Å². The van der Waals surface area contributed by atoms with Crippen molar-refractivity contribution in [2.45, 2.75) is 58.6 Å². The minimum absolute atomic E-state index is 0.153. The molecule has 31 heavy (non-hydrogen) atoms. The third-order valence-corrected chi connectivity index (χ3v) is 6.81. The van der Waals surface area contributed by atoms with Crippen molar-refractivity contribution in [2.24, 2.45) is 5.92 Å². The van der Waals surface area contributed by atoms with E-state index in [2.05, 4.69) is 40.9 Å². The van der Waals surface area contributed by atoms with Gasteiger partial charge in [-0.15, -0.1) is 0 Å². The summed E-state index contributed by atoms with van der Waals surface area (Å²) in [4.78, 5) is 15.3. The molecule has 1 amide bonds. The van der Waals surface area contributed by atoms with Gasteiger partial charge in [-0.1, -0.05) is 69.7 Å². The fraction of sp³-hybridized carbons (Fsp3) is 0.458. The summed E-state index contributed by atoms with van der Waals surface area (Å²) in [6.07, 6.45) is 0. The molecular weight excluding hydrogens is 410 g/mol. The maximum Gasteiger partial charge on any atom is 0.241 e. The summed E-state index contributed by atoms with van der Waals surface area (Å²) in [6, 6.07) is 13.9. The highest BCUT2D eigenvalue weighted by molar-refractivity contribution is 7.89. The largest absolute Gasteiger partial charge is 0.351 e. The van der Waals surface area contributed by atoms with Crippen molar-refractivity contribution < 1.29 is 13.2 Å². The number of amides is 1. The molecule has 1 atom stereocenters. The van der Waals surface area contributed by atoms with Crippen LogP contribution in [0, 0.1) is 12.8 Å². The van der Waals surface area contributed by atoms with Crippen molar-refractivity contribution in [3.63, 3.8) is 0 Å². The van der Waals surface area contributed by atoms with E-state index in [9.17, 15) is 13.2 Å². The first-order chi connectivity index (χ1) is 14.7. The molecule has 0 fully saturated rings. The van der Waals surface area contributed by atoms with Crippen LogP contribution in [0.25, 0.3) is 0 Å². The lowest BCUT2D eigenvalue weighted by atomic mass is 10.0. The van der Waals surface area contributed by atoms with E-state index in [0.717, 1.165) is 30.8 Å². The molecule has 2 aromatic carbocycles. The van der Waals surface area contributed by atoms with Gasteiger partial charge in [-0.2, -0.15) is 4.72 Å². The van der Waals surface area contributed by atoms with Crippen molar-refractivity contribution >= 4 is 15.9 Å². The highest BCUT2D eigenvalue weighted by atomic mass is 32.2. The molecule has 2 N–H and O–H groups in total. The SMILES string of the molecule is CCN(CC)Cc1ccc(CNC(=O)[C@@H](NS(=O)(=O)c2ccc(C)cc2)C(C)C)cc1. The monoisotopic (exact) mass is 445 g/mol. The normalized spacial score (nSPS) is 12.9. The Bertz CT molecular complexity index is 935. The minimum atomic E-state index is -3.79. The molecule has 0 radical (unpaired) electrons. The third kappa shape index (κ3) is 7.45. The zero-order valence-corrected chi connectivity index (χ0v) is 20.0. The van der Waals surface area contributed by atoms with Gasteiger partial charge in [-0.3, -0.25) is 9.69 Å². The van der Waals surface area contributed by atoms with Gasteiger partial charge < -0.3 is 5.32 Å². The molecule has 0 saturated heterocycles. The lowest BCUT2D eigenvalue weighted by molar-refractivity contribution is -0.123. The predicted molar refractivity (Wildman–Crippen MR) is 125 cm³/mol. The van der Waals surface area contributed by atoms with E-state index in [4.69, 9.17) is 0 Å². The first-order valence-electron chi connectivity index (χ1n) is 10.8. The summed E-state index contributed by atoms with van der Waals surface area (Å²) >= 11 is 0. The Morgan fingerprint density at radius 2 is 1.48 bits per heavy atom. The number of hydrogen-bond acceptors (Lipinski definition) is 4. The van der Waals surface area contributed by atoms with E-state index in [-0.39, 0.29) is 16.7 Å². The highest BCUT2D eigenvalue weighted by Crippen LogP contribution is 2.14. The molecule has 0 saturated carbocycles. The minimum Gasteiger partial charge on any atom is -0.351 e. The molecule has 0 bridgehead atoms. The molecule has 6 nitrogen and oxygen atoms in total. The molecule has 170 valence electrons. The lowest BCUT2D eigenvalue weighted by Crippen LogP contribution is -2.49. The zero-order valence-electron chi connectivity index (χ0n) is 19.2. The fourth-order valence-corrected chi connectivity index (χ4v) is 4.56. The van der Waals surface area contributed by atoms with Crippen LogP contribution in [0.2, 0.25) is 0 Å². The van der Waals surface area contributed by atoms with Gasteiger partial charge in [-0.25, -0.2) is 8.42 Å². The van der Waals surface area contributed by atoms with E-state index in [1.54, 1.807) is 24.3 Å². The molecule has 0 unspecified atom stereocenters. The van der Waals surface area contributed by atoms with Crippen molar-refractivity contribution in [3.05, 3.63) is 65.2 Å². The van der Waals surface area contributed by atoms with Crippen LogP contribution in [-0.4, -0.2) is 38.4 Å². The Morgan fingerprint density at radius 1 is 0.935 bits per heavy atom. The molecule has 0 aliphatic heterocycles. The smallest absolute Gasteiger partial charge is 0.241 e. The van der Waals surface area contributed by atoms with Crippen LogP contribution in [0.1, 0.15) is 44.4 Å². The van der Waals surface area contributed by atoms with Gasteiger partial charge in [-0.05, 0) is 49.2 Å². The molecule has 0 heterocycles. The number of nitrogens with one attached hydrogen (secondary N) is 2. The summed E-state index contributed by atoms with van der Waals surface area (Å²) in [5, 5.41) is 2.87. The van der Waals surface area contributed by atoms with Gasteiger partial charge in [0.25, 0.3) is 0 Å². The third-order valence-electron chi connectivity index (χ3n) is 5.35. The Hall–Kier alpha value is -2.22. The number of benzene rings is 2. The van der Waals surface area contributed by atoms with E-state index in [1.807, 2.05) is 32.9 Å². The number of sulfonamides is 1. The zero-order chi connectivity index (χ0) is 23.0. The number of nitrogens with zero attached hydrogens (tertiary/aromatic N) is 1. The molecule has 2 rings (SSSR count). The molecule has 7 heteroatoms. The highest BCUT2D eigenvalue weighted by Gasteiger charge is 2.28. The molecule has 0 spiro atoms. The lowest BCUT2D eigenvalue weighted by Gasteiger charge is -2.22. The number of carbonyl (C=O) groups excluding carboxylic acids is 1. The van der Waals surface area contributed by atoms with Crippen molar-refractivity contribution in [2.75, 3.05) is 13.1 Å². The van der Waals surface area contributed by atoms with Gasteiger partial charge in [0.05, 0.1) is 4.90 Å². The Kier molecular flexibility index (Phi) is 9.22. The van der Waals surface area contributed by atoms with Crippen LogP contribution in [0.4, 0.5) is 0 Å². The fourth-order valence-electron chi connectivity index (χ4n) is 3.21. The van der Waals surface area contributed by atoms with Gasteiger partial charge in [0.15, 0.2) is 0 Å². The molecule has 0 aliphatic carbocycles. The molecule has 0 aliphatic rings. The maximum atomic E-state index is 12.8. The maximum absolute atomic E-state index is 12.8. The van der Waals surface area contributed by atoms with Crippen molar-refractivity contribution in [1.82, 2.24) is 14.9 Å². The van der Waals surface area contributed by atoms with Crippen LogP contribution in [0.3, 0.4) is 0 Å². The topological polar surface area (TPSA) is 78.5 Å². The Labute approximate surface area is 187 Å². The Balaban J connectivity index is 2.00. The second-order valence-corrected chi connectivity index (χ2v) is 9.87. The van der Waals surface area contributed by atoms with Crippen LogP contribution < -0.4 is 10.0 Å². The Morgan fingerprint density at radius 3 is 2.00 bits per heavy atom. The summed E-state index contributed by atoms with van der Waals surface area (Å²) in [5.74, 6) is -0.533. The van der Waals surface area contributed by atoms with Crippen molar-refractivity contribution in [3.8, 4) is 0 Å². The number of aryl methyl sites for hydroxylation is 1. The number of hydrogen-bond donors (Lipinski definition) is 2. The van der Waals surface area contributed by atoms with Crippen LogP contribution >= 0.6 is 0 Å². The summed E-state index contributed by atoms with van der Waals surface area (Å²) in [5.41, 5.74) is 3.17. The second-order valence-electron chi connectivity index (χ2n) is 8.15. The van der Waals surface area contributed by atoms with Crippen LogP contribution in [0.5, 0.6) is 0 Å². The standard InChI is InChI=1S/C24H35N3O3S/c1-6-27(7-2)17-21-12-10-20(11-13-21)16-25-24(28)23(18(3)4)26-31(29,30)22-14-8-19(5)9-15-22/h8-15,18,23,26H,6-7,16-17H2,1-5H3,(H,25,28)/t23-/m0/s1. The van der Waals surface area contributed by atoms with Gasteiger partial charge in [0.1, 0.15) is 6.04 Å². The summed E-state index contributed by atoms with van der Waals surface area (Å²) in [7, 11) is -3.79. The van der Waals surface area contributed by atoms with E-state index in [0.29, 0.717) is 6.54 Å². The number of carbonyl (C=O) groups is 1. The second kappa shape index (κ2) is 11.4.